The number of nitrogens with zero attached hydrogens (tertiary/aromatic N) is 2. The Morgan fingerprint density at radius 1 is 0.829 bits per heavy atom. The van der Waals surface area contributed by atoms with Gasteiger partial charge in [-0.3, -0.25) is 0 Å². The first-order valence-corrected chi connectivity index (χ1v) is 14.7. The van der Waals surface area contributed by atoms with Gasteiger partial charge in [-0.25, -0.2) is 9.97 Å². The number of rotatable bonds is 9. The summed E-state index contributed by atoms with van der Waals surface area (Å²) >= 11 is 14.0. The van der Waals surface area contributed by atoms with Crippen LogP contribution >= 0.6 is 23.2 Å². The van der Waals surface area contributed by atoms with Crippen LogP contribution in [0.5, 0.6) is 11.8 Å². The fraction of sp³-hybridized carbons (Fsp3) is 0.333. The van der Waals surface area contributed by atoms with Crippen LogP contribution in [0.2, 0.25) is 10.0 Å². The molecule has 3 atom stereocenters. The zero-order valence-electron chi connectivity index (χ0n) is 23.5. The highest BCUT2D eigenvalue weighted by molar-refractivity contribution is 6.39. The van der Waals surface area contributed by atoms with Crippen LogP contribution in [0.4, 0.5) is 0 Å². The van der Waals surface area contributed by atoms with Crippen LogP contribution in [-0.2, 0) is 6.42 Å². The second kappa shape index (κ2) is 12.8. The maximum Gasteiger partial charge on any atom is 0.218 e. The van der Waals surface area contributed by atoms with Crippen LogP contribution in [0.25, 0.3) is 33.6 Å². The molecule has 5 rings (SSSR count). The Hall–Kier alpha value is -3.16. The molecule has 0 saturated heterocycles. The van der Waals surface area contributed by atoms with Crippen molar-refractivity contribution in [2.45, 2.75) is 51.2 Å². The molecule has 0 aliphatic heterocycles. The molecule has 0 unspecified atom stereocenters. The summed E-state index contributed by atoms with van der Waals surface area (Å²) in [6.45, 7) is 1.89. The number of aliphatic hydroxyl groups is 1. The SMILES string of the molecule is COc1nc(-c2cccc(-c3cccc(-c4ccc([C@H](C)N)c(OC)n4)c3Cl)c2Cl)ccc1CC[C@@H]1CCC[C@@H]1O. The van der Waals surface area contributed by atoms with Gasteiger partial charge in [0.25, 0.3) is 0 Å². The number of aliphatic hydroxyl groups excluding tert-OH is 1. The van der Waals surface area contributed by atoms with Crippen LogP contribution in [0.15, 0.2) is 60.7 Å². The van der Waals surface area contributed by atoms with Crippen molar-refractivity contribution in [2.75, 3.05) is 14.2 Å². The number of hydrogen-bond donors (Lipinski definition) is 2. The molecule has 0 radical (unpaired) electrons. The maximum absolute atomic E-state index is 10.2. The van der Waals surface area contributed by atoms with Crippen molar-refractivity contribution in [3.05, 3.63) is 81.8 Å². The first kappa shape index (κ1) is 29.3. The molecule has 0 amide bonds. The number of methoxy groups -OCH3 is 2. The lowest BCUT2D eigenvalue weighted by molar-refractivity contribution is 0.128. The molecule has 1 aliphatic rings. The summed E-state index contributed by atoms with van der Waals surface area (Å²) in [5, 5.41) is 11.3. The number of aryl methyl sites for hydroxylation is 1. The van der Waals surface area contributed by atoms with E-state index in [1.807, 2.05) is 67.6 Å². The molecule has 0 bridgehead atoms. The van der Waals surface area contributed by atoms with Crippen molar-refractivity contribution in [2.24, 2.45) is 11.7 Å². The molecule has 1 aliphatic carbocycles. The lowest BCUT2D eigenvalue weighted by Crippen LogP contribution is -2.14. The fourth-order valence-electron chi connectivity index (χ4n) is 5.67. The molecule has 0 spiro atoms. The number of nitrogens with two attached hydrogens (primary N) is 1. The third-order valence-electron chi connectivity index (χ3n) is 7.95. The third kappa shape index (κ3) is 6.07. The summed E-state index contributed by atoms with van der Waals surface area (Å²) in [5.74, 6) is 1.39. The summed E-state index contributed by atoms with van der Waals surface area (Å²) in [7, 11) is 3.21. The Kier molecular flexibility index (Phi) is 9.15. The second-order valence-corrected chi connectivity index (χ2v) is 11.3. The van der Waals surface area contributed by atoms with Crippen LogP contribution in [-0.4, -0.2) is 35.4 Å². The standard InChI is InChI=1S/C33H35Cl2N3O3/c1-19(36)22-16-18-28(38-33(22)41-3)26-11-6-9-24(31(26)35)23-8-5-10-25(30(23)34)27-17-15-21(32(37-27)40-2)14-13-20-7-4-12-29(20)39/h5-6,8-11,15-20,29,39H,4,7,12-14,36H2,1-3H3/t19-,20-,29-/m0/s1. The number of pyridine rings is 2. The number of ether oxygens (including phenoxy) is 2. The second-order valence-electron chi connectivity index (χ2n) is 10.6. The van der Waals surface area contributed by atoms with E-state index in [2.05, 4.69) is 4.98 Å². The maximum atomic E-state index is 10.2. The molecule has 214 valence electrons. The topological polar surface area (TPSA) is 90.5 Å². The Labute approximate surface area is 251 Å². The average molecular weight is 593 g/mol. The molecule has 2 aromatic carbocycles. The number of hydrogen-bond acceptors (Lipinski definition) is 6. The largest absolute Gasteiger partial charge is 0.481 e. The Morgan fingerprint density at radius 2 is 1.39 bits per heavy atom. The van der Waals surface area contributed by atoms with Crippen LogP contribution < -0.4 is 15.2 Å². The fourth-order valence-corrected chi connectivity index (χ4v) is 6.32. The molecule has 2 aromatic heterocycles. The van der Waals surface area contributed by atoms with Crippen LogP contribution in [0.1, 0.15) is 49.8 Å². The van der Waals surface area contributed by atoms with Crippen molar-refractivity contribution in [3.8, 4) is 45.4 Å². The van der Waals surface area contributed by atoms with Gasteiger partial charge >= 0.3 is 0 Å². The predicted octanol–water partition coefficient (Wildman–Crippen LogP) is 7.91. The van der Waals surface area contributed by atoms with E-state index < -0.39 is 0 Å². The summed E-state index contributed by atoms with van der Waals surface area (Å²) in [6, 6.07) is 19.3. The minimum Gasteiger partial charge on any atom is -0.481 e. The van der Waals surface area contributed by atoms with Gasteiger partial charge in [-0.2, -0.15) is 0 Å². The van der Waals surface area contributed by atoms with Gasteiger partial charge in [0, 0.05) is 39.4 Å². The Bertz CT molecular complexity index is 1540. The van der Waals surface area contributed by atoms with Crippen LogP contribution in [0, 0.1) is 5.92 Å². The average Bonchev–Trinajstić information content (AvgIpc) is 3.40. The van der Waals surface area contributed by atoms with E-state index in [-0.39, 0.29) is 12.1 Å². The molecular weight excluding hydrogens is 557 g/mol. The summed E-state index contributed by atoms with van der Waals surface area (Å²) in [5.41, 5.74) is 12.4. The molecule has 2 heterocycles. The van der Waals surface area contributed by atoms with Gasteiger partial charge in [0.05, 0.1) is 41.8 Å². The highest BCUT2D eigenvalue weighted by Crippen LogP contribution is 2.42. The molecule has 6 nitrogen and oxygen atoms in total. The zero-order valence-corrected chi connectivity index (χ0v) is 25.0. The smallest absolute Gasteiger partial charge is 0.218 e. The normalized spacial score (nSPS) is 17.4. The number of benzene rings is 2. The van der Waals surface area contributed by atoms with E-state index in [0.717, 1.165) is 65.5 Å². The lowest BCUT2D eigenvalue weighted by Gasteiger charge is -2.17. The first-order chi connectivity index (χ1) is 19.8. The monoisotopic (exact) mass is 591 g/mol. The van der Waals surface area contributed by atoms with Crippen molar-refractivity contribution in [1.82, 2.24) is 9.97 Å². The zero-order chi connectivity index (χ0) is 29.1. The Morgan fingerprint density at radius 3 is 1.93 bits per heavy atom. The van der Waals surface area contributed by atoms with E-state index in [4.69, 9.17) is 43.4 Å². The van der Waals surface area contributed by atoms with Crippen LogP contribution in [0.3, 0.4) is 0 Å². The molecule has 1 saturated carbocycles. The number of halogens is 2. The quantitative estimate of drug-likeness (QED) is 0.205. The van der Waals surface area contributed by atoms with E-state index in [1.54, 1.807) is 14.2 Å². The van der Waals surface area contributed by atoms with E-state index in [0.29, 0.717) is 39.1 Å². The van der Waals surface area contributed by atoms with Gasteiger partial charge in [0.1, 0.15) is 0 Å². The first-order valence-electron chi connectivity index (χ1n) is 13.9. The van der Waals surface area contributed by atoms with Gasteiger partial charge in [0.15, 0.2) is 0 Å². The third-order valence-corrected chi connectivity index (χ3v) is 8.76. The van der Waals surface area contributed by atoms with E-state index in [9.17, 15) is 5.11 Å². The van der Waals surface area contributed by atoms with Crippen molar-refractivity contribution in [3.63, 3.8) is 0 Å². The summed E-state index contributed by atoms with van der Waals surface area (Å²) < 4.78 is 11.2. The molecule has 3 N–H and O–H groups in total. The summed E-state index contributed by atoms with van der Waals surface area (Å²) in [6.07, 6.45) is 4.57. The van der Waals surface area contributed by atoms with Gasteiger partial charge in [-0.05, 0) is 56.7 Å². The van der Waals surface area contributed by atoms with Gasteiger partial charge < -0.3 is 20.3 Å². The van der Waals surface area contributed by atoms with Gasteiger partial charge in [-0.15, -0.1) is 0 Å². The van der Waals surface area contributed by atoms with Gasteiger partial charge in [0.2, 0.25) is 11.8 Å². The Balaban J connectivity index is 1.47. The van der Waals surface area contributed by atoms with E-state index >= 15 is 0 Å². The molecular formula is C33H35Cl2N3O3. The van der Waals surface area contributed by atoms with Crippen molar-refractivity contribution >= 4 is 23.2 Å². The summed E-state index contributed by atoms with van der Waals surface area (Å²) in [4.78, 5) is 9.49. The van der Waals surface area contributed by atoms with E-state index in [1.165, 1.54) is 0 Å². The minimum atomic E-state index is -0.212. The predicted molar refractivity (Wildman–Crippen MR) is 166 cm³/mol. The lowest BCUT2D eigenvalue weighted by atomic mass is 9.96. The van der Waals surface area contributed by atoms with Crippen molar-refractivity contribution < 1.29 is 14.6 Å². The molecule has 1 fully saturated rings. The molecule has 8 heteroatoms. The molecule has 41 heavy (non-hydrogen) atoms. The highest BCUT2D eigenvalue weighted by atomic mass is 35.5. The minimum absolute atomic E-state index is 0.202. The van der Waals surface area contributed by atoms with Gasteiger partial charge in [-0.1, -0.05) is 72.1 Å². The highest BCUT2D eigenvalue weighted by Gasteiger charge is 2.25. The van der Waals surface area contributed by atoms with Crippen molar-refractivity contribution in [1.29, 1.82) is 0 Å². The number of aromatic nitrogens is 2. The molecule has 4 aromatic rings.